The van der Waals surface area contributed by atoms with Crippen molar-refractivity contribution in [2.24, 2.45) is 0 Å². The van der Waals surface area contributed by atoms with Crippen LogP contribution in [-0.2, 0) is 10.0 Å². The molecule has 6 nitrogen and oxygen atoms in total. The fourth-order valence-corrected chi connectivity index (χ4v) is 5.86. The van der Waals surface area contributed by atoms with E-state index in [1.807, 2.05) is 45.0 Å². The first kappa shape index (κ1) is 24.3. The molecule has 0 amide bonds. The smallest absolute Gasteiger partial charge is 0.266 e. The van der Waals surface area contributed by atoms with E-state index >= 15 is 0 Å². The summed E-state index contributed by atoms with van der Waals surface area (Å²) in [5.41, 5.74) is 2.99. The number of hydrogen-bond donors (Lipinski definition) is 0. The van der Waals surface area contributed by atoms with Crippen LogP contribution in [0.1, 0.15) is 36.3 Å². The third kappa shape index (κ3) is 4.33. The van der Waals surface area contributed by atoms with E-state index in [9.17, 15) is 13.2 Å². The molecule has 1 heterocycles. The normalized spacial score (nSPS) is 12.9. The standard InChI is InChI=1S/C26H26BrN3O3S/c1-5-23(29(4)34(32,33)20-13-11-19(27)12-14-20)25-28-22-9-7-6-8-21(22)26(31)30(25)24-15-10-17(2)16-18(24)3/h6-16,23H,5H2,1-4H3. The predicted octanol–water partition coefficient (Wildman–Crippen LogP) is 5.54. The second-order valence-electron chi connectivity index (χ2n) is 8.32. The van der Waals surface area contributed by atoms with Crippen molar-refractivity contribution in [2.75, 3.05) is 7.05 Å². The molecule has 0 aliphatic rings. The van der Waals surface area contributed by atoms with Gasteiger partial charge in [-0.3, -0.25) is 9.36 Å². The number of aromatic nitrogens is 2. The lowest BCUT2D eigenvalue weighted by Crippen LogP contribution is -2.36. The Bertz CT molecular complexity index is 1530. The molecule has 0 saturated heterocycles. The number of hydrogen-bond acceptors (Lipinski definition) is 4. The maximum absolute atomic E-state index is 13.7. The Morgan fingerprint density at radius 2 is 1.71 bits per heavy atom. The zero-order chi connectivity index (χ0) is 24.6. The molecule has 0 saturated carbocycles. The lowest BCUT2D eigenvalue weighted by molar-refractivity contribution is 0.347. The Kier molecular flexibility index (Phi) is 6.75. The van der Waals surface area contributed by atoms with Crippen LogP contribution >= 0.6 is 15.9 Å². The van der Waals surface area contributed by atoms with E-state index in [1.165, 1.54) is 4.31 Å². The minimum Gasteiger partial charge on any atom is -0.268 e. The quantitative estimate of drug-likeness (QED) is 0.322. The van der Waals surface area contributed by atoms with E-state index in [4.69, 9.17) is 4.98 Å². The minimum absolute atomic E-state index is 0.179. The first-order valence-electron chi connectivity index (χ1n) is 11.0. The SMILES string of the molecule is CCC(c1nc2ccccc2c(=O)n1-c1ccc(C)cc1C)N(C)S(=O)(=O)c1ccc(Br)cc1. The summed E-state index contributed by atoms with van der Waals surface area (Å²) in [6, 6.07) is 18.8. The molecular formula is C26H26BrN3O3S. The van der Waals surface area contributed by atoms with Gasteiger partial charge in [0, 0.05) is 11.5 Å². The maximum atomic E-state index is 13.7. The third-order valence-electron chi connectivity index (χ3n) is 6.01. The van der Waals surface area contributed by atoms with E-state index < -0.39 is 16.1 Å². The van der Waals surface area contributed by atoms with Crippen LogP contribution in [0.2, 0.25) is 0 Å². The lowest BCUT2D eigenvalue weighted by atomic mass is 10.1. The van der Waals surface area contributed by atoms with Crippen LogP contribution in [0.4, 0.5) is 0 Å². The molecule has 0 bridgehead atoms. The highest BCUT2D eigenvalue weighted by molar-refractivity contribution is 9.10. The van der Waals surface area contributed by atoms with E-state index in [-0.39, 0.29) is 10.5 Å². The first-order valence-corrected chi connectivity index (χ1v) is 13.2. The van der Waals surface area contributed by atoms with Crippen molar-refractivity contribution in [1.29, 1.82) is 0 Å². The van der Waals surface area contributed by atoms with Crippen molar-refractivity contribution >= 4 is 36.9 Å². The molecule has 34 heavy (non-hydrogen) atoms. The summed E-state index contributed by atoms with van der Waals surface area (Å²) in [5.74, 6) is 0.390. The summed E-state index contributed by atoms with van der Waals surface area (Å²) in [5, 5.41) is 0.486. The highest BCUT2D eigenvalue weighted by Gasteiger charge is 2.32. The summed E-state index contributed by atoms with van der Waals surface area (Å²) in [4.78, 5) is 18.8. The molecule has 176 valence electrons. The maximum Gasteiger partial charge on any atom is 0.266 e. The van der Waals surface area contributed by atoms with Crippen LogP contribution in [0.25, 0.3) is 16.6 Å². The molecular weight excluding hydrogens is 514 g/mol. The number of fused-ring (bicyclic) bond motifs is 1. The van der Waals surface area contributed by atoms with Crippen molar-refractivity contribution < 1.29 is 8.42 Å². The van der Waals surface area contributed by atoms with Crippen molar-refractivity contribution in [3.63, 3.8) is 0 Å². The summed E-state index contributed by atoms with van der Waals surface area (Å²) in [6.45, 7) is 5.83. The van der Waals surface area contributed by atoms with Crippen LogP contribution in [0.15, 0.2) is 80.9 Å². The second-order valence-corrected chi connectivity index (χ2v) is 11.2. The van der Waals surface area contributed by atoms with Gasteiger partial charge in [0.2, 0.25) is 10.0 Å². The Labute approximate surface area is 208 Å². The molecule has 8 heteroatoms. The Balaban J connectivity index is 1.98. The summed E-state index contributed by atoms with van der Waals surface area (Å²) >= 11 is 3.35. The highest BCUT2D eigenvalue weighted by Crippen LogP contribution is 2.30. The molecule has 0 radical (unpaired) electrons. The van der Waals surface area contributed by atoms with Crippen molar-refractivity contribution in [2.45, 2.75) is 38.1 Å². The number of rotatable bonds is 6. The highest BCUT2D eigenvalue weighted by atomic mass is 79.9. The van der Waals surface area contributed by atoms with E-state index in [0.29, 0.717) is 28.8 Å². The molecule has 1 aromatic heterocycles. The Hall–Kier alpha value is -2.81. The Morgan fingerprint density at radius 3 is 2.35 bits per heavy atom. The van der Waals surface area contributed by atoms with Gasteiger partial charge < -0.3 is 0 Å². The summed E-state index contributed by atoms with van der Waals surface area (Å²) in [6.07, 6.45) is 0.432. The fraction of sp³-hybridized carbons (Fsp3) is 0.231. The van der Waals surface area contributed by atoms with Gasteiger partial charge in [-0.05, 0) is 68.3 Å². The number of halogens is 1. The van der Waals surface area contributed by atoms with Crippen LogP contribution in [0.3, 0.4) is 0 Å². The van der Waals surface area contributed by atoms with Gasteiger partial charge in [-0.15, -0.1) is 0 Å². The number of para-hydroxylation sites is 1. The molecule has 4 aromatic rings. The van der Waals surface area contributed by atoms with Crippen LogP contribution in [0.5, 0.6) is 0 Å². The van der Waals surface area contributed by atoms with Crippen LogP contribution in [0, 0.1) is 13.8 Å². The lowest BCUT2D eigenvalue weighted by Gasteiger charge is -2.29. The number of aryl methyl sites for hydroxylation is 2. The molecule has 0 fully saturated rings. The first-order chi connectivity index (χ1) is 16.1. The molecule has 1 atom stereocenters. The predicted molar refractivity (Wildman–Crippen MR) is 139 cm³/mol. The summed E-state index contributed by atoms with van der Waals surface area (Å²) in [7, 11) is -2.30. The van der Waals surface area contributed by atoms with Crippen LogP contribution < -0.4 is 5.56 Å². The number of sulfonamides is 1. The van der Waals surface area contributed by atoms with Gasteiger partial charge in [0.25, 0.3) is 5.56 Å². The van der Waals surface area contributed by atoms with E-state index in [1.54, 1.807) is 54.1 Å². The summed E-state index contributed by atoms with van der Waals surface area (Å²) < 4.78 is 30.7. The van der Waals surface area contributed by atoms with Gasteiger partial charge >= 0.3 is 0 Å². The minimum atomic E-state index is -3.84. The monoisotopic (exact) mass is 539 g/mol. The van der Waals surface area contributed by atoms with Gasteiger partial charge in [0.1, 0.15) is 5.82 Å². The van der Waals surface area contributed by atoms with Gasteiger partial charge in [-0.2, -0.15) is 4.31 Å². The second kappa shape index (κ2) is 9.44. The van der Waals surface area contributed by atoms with Gasteiger partial charge in [0.15, 0.2) is 0 Å². The zero-order valence-electron chi connectivity index (χ0n) is 19.5. The van der Waals surface area contributed by atoms with E-state index in [0.717, 1.165) is 15.6 Å². The molecule has 3 aromatic carbocycles. The Morgan fingerprint density at radius 1 is 1.03 bits per heavy atom. The van der Waals surface area contributed by atoms with Crippen molar-refractivity contribution in [3.8, 4) is 5.69 Å². The van der Waals surface area contributed by atoms with Gasteiger partial charge in [-0.25, -0.2) is 13.4 Å². The number of nitrogens with zero attached hydrogens (tertiary/aromatic N) is 3. The molecule has 4 rings (SSSR count). The van der Waals surface area contributed by atoms with Crippen molar-refractivity contribution in [1.82, 2.24) is 13.9 Å². The van der Waals surface area contributed by atoms with Gasteiger partial charge in [0.05, 0.1) is 27.5 Å². The molecule has 1 unspecified atom stereocenters. The topological polar surface area (TPSA) is 72.3 Å². The van der Waals surface area contributed by atoms with E-state index in [2.05, 4.69) is 15.9 Å². The zero-order valence-corrected chi connectivity index (χ0v) is 21.9. The number of benzene rings is 3. The molecule has 0 aliphatic heterocycles. The average molecular weight is 540 g/mol. The van der Waals surface area contributed by atoms with Crippen molar-refractivity contribution in [3.05, 3.63) is 98.5 Å². The largest absolute Gasteiger partial charge is 0.268 e. The molecule has 0 N–H and O–H groups in total. The van der Waals surface area contributed by atoms with Crippen LogP contribution in [-0.4, -0.2) is 29.3 Å². The van der Waals surface area contributed by atoms with Gasteiger partial charge in [-0.1, -0.05) is 52.7 Å². The fourth-order valence-electron chi connectivity index (χ4n) is 4.21. The third-order valence-corrected chi connectivity index (χ3v) is 8.42. The average Bonchev–Trinajstić information content (AvgIpc) is 2.81. The molecule has 0 spiro atoms. The molecule has 0 aliphatic carbocycles.